The molecule has 4 N–H and O–H groups in total. The predicted molar refractivity (Wildman–Crippen MR) is 98.8 cm³/mol. The first-order valence-corrected chi connectivity index (χ1v) is 8.73. The third-order valence-corrected chi connectivity index (χ3v) is 4.72. The van der Waals surface area contributed by atoms with Crippen molar-refractivity contribution in [3.63, 3.8) is 0 Å². The molecule has 8 nitrogen and oxygen atoms in total. The second-order valence-electron chi connectivity index (χ2n) is 6.58. The molecule has 0 saturated carbocycles. The minimum atomic E-state index is -0.582. The Bertz CT molecular complexity index is 823. The molecule has 1 aromatic carbocycles. The van der Waals surface area contributed by atoms with Crippen molar-refractivity contribution in [2.24, 2.45) is 5.73 Å². The van der Waals surface area contributed by atoms with Crippen molar-refractivity contribution in [1.29, 1.82) is 0 Å². The highest BCUT2D eigenvalue weighted by Gasteiger charge is 2.27. The number of nitrogens with zero attached hydrogens (tertiary/aromatic N) is 3. The maximum Gasteiger partial charge on any atom is 0.316 e. The summed E-state index contributed by atoms with van der Waals surface area (Å²) in [5.74, 6) is 1.68. The second kappa shape index (κ2) is 6.89. The van der Waals surface area contributed by atoms with Crippen LogP contribution in [0.5, 0.6) is 0 Å². The molecule has 2 amide bonds. The highest BCUT2D eigenvalue weighted by molar-refractivity contribution is 5.88. The smallest absolute Gasteiger partial charge is 0.316 e. The van der Waals surface area contributed by atoms with Crippen LogP contribution in [-0.4, -0.2) is 41.8 Å². The van der Waals surface area contributed by atoms with Gasteiger partial charge in [0.2, 0.25) is 0 Å². The molecule has 1 unspecified atom stereocenters. The number of urea groups is 1. The normalized spacial score (nSPS) is 19.3. The SMILES string of the molecule is CC1COCCN1c1nc(-c2ccc(NC(N)=O)cc2)nc2c1CNC2. The van der Waals surface area contributed by atoms with Crippen LogP contribution in [0.4, 0.5) is 16.3 Å². The van der Waals surface area contributed by atoms with Crippen molar-refractivity contribution in [2.45, 2.75) is 26.1 Å². The molecule has 4 rings (SSSR count). The van der Waals surface area contributed by atoms with Gasteiger partial charge in [-0.1, -0.05) is 0 Å². The molecular weight excluding hydrogens is 332 g/mol. The van der Waals surface area contributed by atoms with E-state index in [9.17, 15) is 4.79 Å². The Kier molecular flexibility index (Phi) is 4.44. The van der Waals surface area contributed by atoms with Crippen LogP contribution in [0.15, 0.2) is 24.3 Å². The number of fused-ring (bicyclic) bond motifs is 1. The van der Waals surface area contributed by atoms with Crippen LogP contribution < -0.4 is 21.3 Å². The van der Waals surface area contributed by atoms with E-state index in [1.165, 1.54) is 5.56 Å². The van der Waals surface area contributed by atoms with Crippen molar-refractivity contribution < 1.29 is 9.53 Å². The number of anilines is 2. The summed E-state index contributed by atoms with van der Waals surface area (Å²) in [4.78, 5) is 22.9. The molecule has 3 heterocycles. The van der Waals surface area contributed by atoms with E-state index < -0.39 is 6.03 Å². The number of rotatable bonds is 3. The zero-order valence-electron chi connectivity index (χ0n) is 14.7. The van der Waals surface area contributed by atoms with Crippen molar-refractivity contribution in [2.75, 3.05) is 30.0 Å². The average Bonchev–Trinajstić information content (AvgIpc) is 3.10. The molecule has 0 bridgehead atoms. The highest BCUT2D eigenvalue weighted by Crippen LogP contribution is 2.30. The molecule has 136 valence electrons. The lowest BCUT2D eigenvalue weighted by atomic mass is 10.1. The standard InChI is InChI=1S/C18H22N6O2/c1-11-10-26-7-6-24(11)17-14-8-20-9-15(14)22-16(23-17)12-2-4-13(5-3-12)21-18(19)25/h2-5,11,20H,6-10H2,1H3,(H3,19,21,25). The monoisotopic (exact) mass is 354 g/mol. The van der Waals surface area contributed by atoms with Crippen LogP contribution in [-0.2, 0) is 17.8 Å². The summed E-state index contributed by atoms with van der Waals surface area (Å²) in [6.45, 7) is 5.92. The van der Waals surface area contributed by atoms with E-state index in [0.717, 1.165) is 36.7 Å². The summed E-state index contributed by atoms with van der Waals surface area (Å²) in [6, 6.07) is 7.07. The lowest BCUT2D eigenvalue weighted by Gasteiger charge is -2.35. The number of benzene rings is 1. The number of nitrogens with one attached hydrogen (secondary N) is 2. The van der Waals surface area contributed by atoms with E-state index in [1.54, 1.807) is 12.1 Å². The summed E-state index contributed by atoms with van der Waals surface area (Å²) in [5.41, 5.74) is 8.92. The number of ether oxygens (including phenoxy) is 1. The fourth-order valence-electron chi connectivity index (χ4n) is 3.40. The van der Waals surface area contributed by atoms with Gasteiger partial charge >= 0.3 is 6.03 Å². The molecule has 8 heteroatoms. The Balaban J connectivity index is 1.71. The molecule has 2 aliphatic heterocycles. The van der Waals surface area contributed by atoms with E-state index >= 15 is 0 Å². The molecule has 1 saturated heterocycles. The van der Waals surface area contributed by atoms with Crippen LogP contribution in [0, 0.1) is 0 Å². The largest absolute Gasteiger partial charge is 0.377 e. The summed E-state index contributed by atoms with van der Waals surface area (Å²) >= 11 is 0. The van der Waals surface area contributed by atoms with Crippen molar-refractivity contribution >= 4 is 17.5 Å². The number of carbonyl (C=O) groups is 1. The van der Waals surface area contributed by atoms with Crippen molar-refractivity contribution in [3.8, 4) is 11.4 Å². The van der Waals surface area contributed by atoms with Gasteiger partial charge in [0.05, 0.1) is 24.9 Å². The molecule has 0 radical (unpaired) electrons. The number of hydrogen-bond donors (Lipinski definition) is 3. The summed E-state index contributed by atoms with van der Waals surface area (Å²) in [5, 5.41) is 5.93. The fourth-order valence-corrected chi connectivity index (χ4v) is 3.40. The Hall–Kier alpha value is -2.71. The van der Waals surface area contributed by atoms with Gasteiger partial charge < -0.3 is 26.0 Å². The van der Waals surface area contributed by atoms with E-state index in [2.05, 4.69) is 22.5 Å². The number of morpholine rings is 1. The fraction of sp³-hybridized carbons (Fsp3) is 0.389. The molecular formula is C18H22N6O2. The van der Waals surface area contributed by atoms with Crippen LogP contribution in [0.1, 0.15) is 18.2 Å². The molecule has 26 heavy (non-hydrogen) atoms. The maximum atomic E-state index is 11.0. The lowest BCUT2D eigenvalue weighted by Crippen LogP contribution is -2.44. The van der Waals surface area contributed by atoms with E-state index in [-0.39, 0.29) is 6.04 Å². The predicted octanol–water partition coefficient (Wildman–Crippen LogP) is 1.46. The number of amides is 2. The molecule has 1 atom stereocenters. The highest BCUT2D eigenvalue weighted by atomic mass is 16.5. The molecule has 2 aliphatic rings. The lowest BCUT2D eigenvalue weighted by molar-refractivity contribution is 0.0984. The number of primary amides is 1. The third-order valence-electron chi connectivity index (χ3n) is 4.72. The Morgan fingerprint density at radius 1 is 1.31 bits per heavy atom. The molecule has 0 spiro atoms. The third kappa shape index (κ3) is 3.21. The van der Waals surface area contributed by atoms with Crippen LogP contribution in [0.2, 0.25) is 0 Å². The van der Waals surface area contributed by atoms with Gasteiger partial charge in [-0.15, -0.1) is 0 Å². The first-order valence-electron chi connectivity index (χ1n) is 8.73. The van der Waals surface area contributed by atoms with Gasteiger partial charge in [-0.05, 0) is 31.2 Å². The van der Waals surface area contributed by atoms with Crippen molar-refractivity contribution in [3.05, 3.63) is 35.5 Å². The average molecular weight is 354 g/mol. The number of nitrogens with two attached hydrogens (primary N) is 1. The van der Waals surface area contributed by atoms with Crippen LogP contribution >= 0.6 is 0 Å². The zero-order chi connectivity index (χ0) is 18.1. The first-order chi connectivity index (χ1) is 12.6. The van der Waals surface area contributed by atoms with E-state index in [1.807, 2.05) is 12.1 Å². The van der Waals surface area contributed by atoms with Gasteiger partial charge in [-0.2, -0.15) is 0 Å². The topological polar surface area (TPSA) is 105 Å². The summed E-state index contributed by atoms with van der Waals surface area (Å²) in [6.07, 6.45) is 0. The quantitative estimate of drug-likeness (QED) is 0.771. The Morgan fingerprint density at radius 2 is 2.12 bits per heavy atom. The first kappa shape index (κ1) is 16.7. The van der Waals surface area contributed by atoms with Crippen LogP contribution in [0.3, 0.4) is 0 Å². The van der Waals surface area contributed by atoms with E-state index in [0.29, 0.717) is 24.7 Å². The second-order valence-corrected chi connectivity index (χ2v) is 6.58. The minimum absolute atomic E-state index is 0.276. The minimum Gasteiger partial charge on any atom is -0.377 e. The molecule has 1 fully saturated rings. The summed E-state index contributed by atoms with van der Waals surface area (Å²) in [7, 11) is 0. The molecule has 1 aromatic heterocycles. The van der Waals surface area contributed by atoms with E-state index in [4.69, 9.17) is 20.4 Å². The molecule has 2 aromatic rings. The number of carbonyl (C=O) groups excluding carboxylic acids is 1. The van der Waals surface area contributed by atoms with Gasteiger partial charge in [0, 0.05) is 36.4 Å². The summed E-state index contributed by atoms with van der Waals surface area (Å²) < 4.78 is 5.57. The van der Waals surface area contributed by atoms with Crippen molar-refractivity contribution in [1.82, 2.24) is 15.3 Å². The van der Waals surface area contributed by atoms with Gasteiger partial charge in [-0.25, -0.2) is 14.8 Å². The Morgan fingerprint density at radius 3 is 2.85 bits per heavy atom. The Labute approximate surface area is 151 Å². The van der Waals surface area contributed by atoms with Crippen LogP contribution in [0.25, 0.3) is 11.4 Å². The number of hydrogen-bond acceptors (Lipinski definition) is 6. The maximum absolute atomic E-state index is 11.0. The van der Waals surface area contributed by atoms with Gasteiger partial charge in [-0.3, -0.25) is 0 Å². The molecule has 0 aliphatic carbocycles. The van der Waals surface area contributed by atoms with Gasteiger partial charge in [0.1, 0.15) is 5.82 Å². The number of aromatic nitrogens is 2. The van der Waals surface area contributed by atoms with Gasteiger partial charge in [0.15, 0.2) is 5.82 Å². The van der Waals surface area contributed by atoms with Gasteiger partial charge in [0.25, 0.3) is 0 Å². The zero-order valence-corrected chi connectivity index (χ0v) is 14.7.